The number of nitrogens with zero attached hydrogens (tertiary/aromatic N) is 1. The molecule has 1 aromatic heterocycles. The molecular weight excluding hydrogens is 236 g/mol. The van der Waals surface area contributed by atoms with Gasteiger partial charge >= 0.3 is 0 Å². The molecular formula is C8H9BrN2O2. The summed E-state index contributed by atoms with van der Waals surface area (Å²) in [5, 5.41) is 9.24. The highest BCUT2D eigenvalue weighted by Crippen LogP contribution is 2.31. The Kier molecular flexibility index (Phi) is 2.11. The molecule has 0 bridgehead atoms. The van der Waals surface area contributed by atoms with Gasteiger partial charge in [-0.15, -0.1) is 0 Å². The number of aromatic nitrogens is 2. The molecule has 2 N–H and O–H groups in total. The summed E-state index contributed by atoms with van der Waals surface area (Å²) in [4.78, 5) is 17.6. The van der Waals surface area contributed by atoms with Crippen LogP contribution in [0.15, 0.2) is 9.27 Å². The summed E-state index contributed by atoms with van der Waals surface area (Å²) in [5.41, 5.74) is -0.317. The lowest BCUT2D eigenvalue weighted by Gasteiger charge is -2.00. The van der Waals surface area contributed by atoms with E-state index in [2.05, 4.69) is 25.9 Å². The molecule has 70 valence electrons. The van der Waals surface area contributed by atoms with E-state index in [1.54, 1.807) is 0 Å². The van der Waals surface area contributed by atoms with Crippen LogP contribution in [-0.2, 0) is 6.42 Å². The van der Waals surface area contributed by atoms with Crippen molar-refractivity contribution in [2.24, 2.45) is 5.92 Å². The van der Waals surface area contributed by atoms with Crippen LogP contribution in [0.3, 0.4) is 0 Å². The number of aromatic hydroxyl groups is 1. The first-order valence-corrected chi connectivity index (χ1v) is 4.94. The Bertz CT molecular complexity index is 384. The second-order valence-electron chi connectivity index (χ2n) is 3.30. The van der Waals surface area contributed by atoms with Crippen molar-refractivity contribution < 1.29 is 5.11 Å². The molecule has 0 radical (unpaired) electrons. The zero-order valence-electron chi connectivity index (χ0n) is 6.88. The minimum absolute atomic E-state index is 0.104. The lowest BCUT2D eigenvalue weighted by Crippen LogP contribution is -2.12. The quantitative estimate of drug-likeness (QED) is 0.822. The zero-order chi connectivity index (χ0) is 9.42. The number of hydrogen-bond donors (Lipinski definition) is 2. The Morgan fingerprint density at radius 1 is 1.62 bits per heavy atom. The molecule has 1 saturated carbocycles. The number of rotatable bonds is 2. The van der Waals surface area contributed by atoms with E-state index in [0.717, 1.165) is 6.42 Å². The van der Waals surface area contributed by atoms with Gasteiger partial charge in [-0.25, -0.2) is 0 Å². The van der Waals surface area contributed by atoms with Gasteiger partial charge in [0.1, 0.15) is 10.3 Å². The minimum atomic E-state index is -0.317. The van der Waals surface area contributed by atoms with Crippen molar-refractivity contribution in [3.63, 3.8) is 0 Å². The third-order valence-corrected chi connectivity index (χ3v) is 2.79. The van der Waals surface area contributed by atoms with E-state index < -0.39 is 0 Å². The van der Waals surface area contributed by atoms with Gasteiger partial charge in [-0.1, -0.05) is 0 Å². The average molecular weight is 245 g/mol. The van der Waals surface area contributed by atoms with Crippen molar-refractivity contribution >= 4 is 15.9 Å². The van der Waals surface area contributed by atoms with Crippen LogP contribution >= 0.6 is 15.9 Å². The topological polar surface area (TPSA) is 66.0 Å². The van der Waals surface area contributed by atoms with E-state index in [9.17, 15) is 9.90 Å². The number of nitrogens with one attached hydrogen (secondary N) is 1. The van der Waals surface area contributed by atoms with E-state index in [4.69, 9.17) is 0 Å². The number of halogens is 1. The first-order valence-electron chi connectivity index (χ1n) is 4.14. The first-order chi connectivity index (χ1) is 6.16. The third-order valence-electron chi connectivity index (χ3n) is 2.07. The Morgan fingerprint density at radius 3 is 2.85 bits per heavy atom. The lowest BCUT2D eigenvalue weighted by molar-refractivity contribution is 0.442. The van der Waals surface area contributed by atoms with Gasteiger partial charge in [-0.3, -0.25) is 4.79 Å². The molecule has 1 aliphatic rings. The Balaban J connectivity index is 2.31. The van der Waals surface area contributed by atoms with Crippen molar-refractivity contribution in [3.05, 3.63) is 20.7 Å². The molecule has 1 aliphatic carbocycles. The second kappa shape index (κ2) is 3.14. The first kappa shape index (κ1) is 8.74. The summed E-state index contributed by atoms with van der Waals surface area (Å²) in [7, 11) is 0. The van der Waals surface area contributed by atoms with Gasteiger partial charge in [-0.2, -0.15) is 4.98 Å². The maximum Gasteiger partial charge on any atom is 0.269 e. The highest BCUT2D eigenvalue weighted by molar-refractivity contribution is 9.10. The number of aromatic amines is 1. The maximum absolute atomic E-state index is 11.2. The summed E-state index contributed by atoms with van der Waals surface area (Å²) in [6.45, 7) is 0. The molecule has 5 heteroatoms. The molecule has 0 atom stereocenters. The predicted molar refractivity (Wildman–Crippen MR) is 50.7 cm³/mol. The molecule has 0 aromatic carbocycles. The van der Waals surface area contributed by atoms with Crippen LogP contribution in [0.25, 0.3) is 0 Å². The van der Waals surface area contributed by atoms with Crippen molar-refractivity contribution in [1.82, 2.24) is 9.97 Å². The molecule has 13 heavy (non-hydrogen) atoms. The molecule has 1 aromatic rings. The fourth-order valence-electron chi connectivity index (χ4n) is 1.18. The van der Waals surface area contributed by atoms with Gasteiger partial charge < -0.3 is 10.1 Å². The van der Waals surface area contributed by atoms with Gasteiger partial charge in [0.15, 0.2) is 0 Å². The van der Waals surface area contributed by atoms with Crippen LogP contribution in [0.2, 0.25) is 0 Å². The van der Waals surface area contributed by atoms with Crippen molar-refractivity contribution in [1.29, 1.82) is 0 Å². The predicted octanol–water partition coefficient (Wildman–Crippen LogP) is 1.19. The normalized spacial score (nSPS) is 16.1. The zero-order valence-corrected chi connectivity index (χ0v) is 8.47. The monoisotopic (exact) mass is 244 g/mol. The fourth-order valence-corrected chi connectivity index (χ4v) is 1.37. The van der Waals surface area contributed by atoms with Gasteiger partial charge in [0.25, 0.3) is 5.56 Å². The third kappa shape index (κ3) is 1.91. The van der Waals surface area contributed by atoms with Gasteiger partial charge in [0.2, 0.25) is 5.88 Å². The minimum Gasteiger partial charge on any atom is -0.492 e. The molecule has 0 spiro atoms. The summed E-state index contributed by atoms with van der Waals surface area (Å²) < 4.78 is 0.104. The highest BCUT2D eigenvalue weighted by atomic mass is 79.9. The summed E-state index contributed by atoms with van der Waals surface area (Å²) >= 11 is 2.94. The fraction of sp³-hybridized carbons (Fsp3) is 0.500. The van der Waals surface area contributed by atoms with Crippen LogP contribution < -0.4 is 5.56 Å². The largest absolute Gasteiger partial charge is 0.492 e. The van der Waals surface area contributed by atoms with E-state index >= 15 is 0 Å². The summed E-state index contributed by atoms with van der Waals surface area (Å²) in [5.74, 6) is 0.997. The summed E-state index contributed by atoms with van der Waals surface area (Å²) in [6.07, 6.45) is 3.15. The Morgan fingerprint density at radius 2 is 2.31 bits per heavy atom. The van der Waals surface area contributed by atoms with Crippen molar-refractivity contribution in [3.8, 4) is 5.88 Å². The number of H-pyrrole nitrogens is 1. The average Bonchev–Trinajstić information content (AvgIpc) is 2.84. The second-order valence-corrected chi connectivity index (χ2v) is 4.09. The molecule has 1 fully saturated rings. The van der Waals surface area contributed by atoms with Crippen LogP contribution in [0.5, 0.6) is 5.88 Å². The molecule has 4 nitrogen and oxygen atoms in total. The Labute approximate surface area is 83.1 Å². The van der Waals surface area contributed by atoms with E-state index in [0.29, 0.717) is 11.7 Å². The van der Waals surface area contributed by atoms with Crippen LogP contribution in [0.1, 0.15) is 18.7 Å². The smallest absolute Gasteiger partial charge is 0.269 e. The molecule has 0 unspecified atom stereocenters. The SMILES string of the molecule is O=c1[nH]c(CC2CC2)nc(O)c1Br. The van der Waals surface area contributed by atoms with Crippen molar-refractivity contribution in [2.75, 3.05) is 0 Å². The Hall–Kier alpha value is -0.840. The summed E-state index contributed by atoms with van der Waals surface area (Å²) in [6, 6.07) is 0. The molecule has 0 amide bonds. The molecule has 0 saturated heterocycles. The van der Waals surface area contributed by atoms with Gasteiger partial charge in [-0.05, 0) is 34.7 Å². The molecule has 2 rings (SSSR count). The molecule has 1 heterocycles. The van der Waals surface area contributed by atoms with E-state index in [1.807, 2.05) is 0 Å². The van der Waals surface area contributed by atoms with E-state index in [1.165, 1.54) is 12.8 Å². The van der Waals surface area contributed by atoms with Gasteiger partial charge in [0, 0.05) is 6.42 Å². The van der Waals surface area contributed by atoms with Crippen molar-refractivity contribution in [2.45, 2.75) is 19.3 Å². The lowest BCUT2D eigenvalue weighted by atomic mass is 10.3. The van der Waals surface area contributed by atoms with Crippen LogP contribution in [0.4, 0.5) is 0 Å². The molecule has 0 aliphatic heterocycles. The number of hydrogen-bond acceptors (Lipinski definition) is 3. The van der Waals surface area contributed by atoms with Crippen LogP contribution in [-0.4, -0.2) is 15.1 Å². The maximum atomic E-state index is 11.2. The standard InChI is InChI=1S/C8H9BrN2O2/c9-6-7(12)10-5(11-8(6)13)3-4-1-2-4/h4H,1-3H2,(H2,10,11,12,13). The van der Waals surface area contributed by atoms with Gasteiger partial charge in [0.05, 0.1) is 0 Å². The van der Waals surface area contributed by atoms with Crippen LogP contribution in [0, 0.1) is 5.92 Å². The highest BCUT2D eigenvalue weighted by Gasteiger charge is 2.23. The van der Waals surface area contributed by atoms with E-state index in [-0.39, 0.29) is 15.9 Å².